The van der Waals surface area contributed by atoms with Crippen LogP contribution in [0.25, 0.3) is 0 Å². The number of halogens is 2. The predicted molar refractivity (Wildman–Crippen MR) is 60.8 cm³/mol. The van der Waals surface area contributed by atoms with Crippen molar-refractivity contribution < 1.29 is 4.39 Å². The van der Waals surface area contributed by atoms with Gasteiger partial charge in [-0.25, -0.2) is 4.39 Å². The molecule has 0 amide bonds. The van der Waals surface area contributed by atoms with Gasteiger partial charge in [-0.05, 0) is 24.1 Å². The molecule has 1 aromatic rings. The van der Waals surface area contributed by atoms with Crippen molar-refractivity contribution in [3.05, 3.63) is 34.1 Å². The number of nitrogens with two attached hydrogens (primary N) is 1. The Hall–Kier alpha value is -0.410. The van der Waals surface area contributed by atoms with Gasteiger partial charge in [-0.15, -0.1) is 0 Å². The van der Waals surface area contributed by atoms with E-state index < -0.39 is 0 Å². The molecule has 0 radical (unpaired) electrons. The standard InChI is InChI=1S/C11H15BrFN/c1-3-11(2,7-14)9-5-4-8(12)6-10(9)13/h4-6H,3,7,14H2,1-2H3. The van der Waals surface area contributed by atoms with Gasteiger partial charge < -0.3 is 5.73 Å². The molecule has 1 nitrogen and oxygen atoms in total. The van der Waals surface area contributed by atoms with Gasteiger partial charge in [0.25, 0.3) is 0 Å². The largest absolute Gasteiger partial charge is 0.330 e. The average molecular weight is 260 g/mol. The molecule has 1 rings (SSSR count). The Balaban J connectivity index is 3.17. The summed E-state index contributed by atoms with van der Waals surface area (Å²) < 4.78 is 14.4. The molecular formula is C11H15BrFN. The van der Waals surface area contributed by atoms with Crippen LogP contribution >= 0.6 is 15.9 Å². The van der Waals surface area contributed by atoms with Crippen molar-refractivity contribution in [2.45, 2.75) is 25.7 Å². The second kappa shape index (κ2) is 4.41. The summed E-state index contributed by atoms with van der Waals surface area (Å²) in [5.74, 6) is -0.186. The van der Waals surface area contributed by atoms with Crippen LogP contribution in [0, 0.1) is 5.82 Å². The van der Waals surface area contributed by atoms with Gasteiger partial charge in [-0.3, -0.25) is 0 Å². The van der Waals surface area contributed by atoms with Crippen LogP contribution in [0.1, 0.15) is 25.8 Å². The summed E-state index contributed by atoms with van der Waals surface area (Å²) >= 11 is 3.24. The maximum absolute atomic E-state index is 13.6. The first-order valence-electron chi connectivity index (χ1n) is 4.69. The van der Waals surface area contributed by atoms with Gasteiger partial charge in [0.05, 0.1) is 0 Å². The molecule has 0 heterocycles. The van der Waals surface area contributed by atoms with Crippen LogP contribution in [0.4, 0.5) is 4.39 Å². The van der Waals surface area contributed by atoms with E-state index in [1.807, 2.05) is 19.9 Å². The monoisotopic (exact) mass is 259 g/mol. The van der Waals surface area contributed by atoms with E-state index in [0.29, 0.717) is 12.1 Å². The SMILES string of the molecule is CCC(C)(CN)c1ccc(Br)cc1F. The van der Waals surface area contributed by atoms with Crippen molar-refractivity contribution >= 4 is 15.9 Å². The van der Waals surface area contributed by atoms with Gasteiger partial charge in [0.15, 0.2) is 0 Å². The summed E-state index contributed by atoms with van der Waals surface area (Å²) in [5.41, 5.74) is 6.12. The van der Waals surface area contributed by atoms with Gasteiger partial charge in [0.1, 0.15) is 5.82 Å². The molecule has 14 heavy (non-hydrogen) atoms. The lowest BCUT2D eigenvalue weighted by Crippen LogP contribution is -2.32. The summed E-state index contributed by atoms with van der Waals surface area (Å²) in [5, 5.41) is 0. The molecule has 0 aliphatic rings. The zero-order valence-corrected chi connectivity index (χ0v) is 10.1. The average Bonchev–Trinajstić information content (AvgIpc) is 2.17. The van der Waals surface area contributed by atoms with Crippen molar-refractivity contribution in [1.29, 1.82) is 0 Å². The highest BCUT2D eigenvalue weighted by molar-refractivity contribution is 9.10. The zero-order chi connectivity index (χ0) is 10.8. The van der Waals surface area contributed by atoms with Gasteiger partial charge in [-0.1, -0.05) is 35.8 Å². The minimum Gasteiger partial charge on any atom is -0.330 e. The second-order valence-corrected chi connectivity index (χ2v) is 4.66. The van der Waals surface area contributed by atoms with Crippen LogP contribution in [0.2, 0.25) is 0 Å². The highest BCUT2D eigenvalue weighted by Crippen LogP contribution is 2.29. The molecule has 2 N–H and O–H groups in total. The Morgan fingerprint density at radius 3 is 2.57 bits per heavy atom. The first-order valence-corrected chi connectivity index (χ1v) is 5.48. The smallest absolute Gasteiger partial charge is 0.128 e. The topological polar surface area (TPSA) is 26.0 Å². The maximum atomic E-state index is 13.6. The van der Waals surface area contributed by atoms with Crippen molar-refractivity contribution in [2.75, 3.05) is 6.54 Å². The molecular weight excluding hydrogens is 245 g/mol. The molecule has 1 unspecified atom stereocenters. The van der Waals surface area contributed by atoms with E-state index in [0.717, 1.165) is 10.9 Å². The number of benzene rings is 1. The summed E-state index contributed by atoms with van der Waals surface area (Å²) in [4.78, 5) is 0. The summed E-state index contributed by atoms with van der Waals surface area (Å²) in [7, 11) is 0. The summed E-state index contributed by atoms with van der Waals surface area (Å²) in [6.07, 6.45) is 0.835. The van der Waals surface area contributed by atoms with E-state index in [2.05, 4.69) is 15.9 Å². The Kier molecular flexibility index (Phi) is 3.67. The summed E-state index contributed by atoms with van der Waals surface area (Å²) in [6, 6.07) is 5.14. The third-order valence-corrected chi connectivity index (χ3v) is 3.31. The van der Waals surface area contributed by atoms with Crippen molar-refractivity contribution in [3.8, 4) is 0 Å². The molecule has 3 heteroatoms. The van der Waals surface area contributed by atoms with Gasteiger partial charge in [0.2, 0.25) is 0 Å². The van der Waals surface area contributed by atoms with Crippen LogP contribution in [-0.2, 0) is 5.41 Å². The van der Waals surface area contributed by atoms with E-state index in [-0.39, 0.29) is 11.2 Å². The lowest BCUT2D eigenvalue weighted by molar-refractivity contribution is 0.439. The molecule has 0 bridgehead atoms. The van der Waals surface area contributed by atoms with E-state index in [1.54, 1.807) is 6.07 Å². The molecule has 0 saturated heterocycles. The first-order chi connectivity index (χ1) is 6.53. The Labute approximate surface area is 92.6 Å². The lowest BCUT2D eigenvalue weighted by atomic mass is 9.80. The quantitative estimate of drug-likeness (QED) is 0.887. The molecule has 0 aromatic heterocycles. The molecule has 0 aliphatic heterocycles. The minimum atomic E-state index is -0.259. The highest BCUT2D eigenvalue weighted by atomic mass is 79.9. The van der Waals surface area contributed by atoms with Crippen molar-refractivity contribution in [1.82, 2.24) is 0 Å². The van der Waals surface area contributed by atoms with Crippen molar-refractivity contribution in [2.24, 2.45) is 5.73 Å². The molecule has 0 spiro atoms. The van der Waals surface area contributed by atoms with Crippen LogP contribution in [0.15, 0.2) is 22.7 Å². The second-order valence-electron chi connectivity index (χ2n) is 3.74. The Morgan fingerprint density at radius 1 is 1.50 bits per heavy atom. The van der Waals surface area contributed by atoms with Crippen LogP contribution < -0.4 is 5.73 Å². The number of hydrogen-bond acceptors (Lipinski definition) is 1. The molecule has 78 valence electrons. The third-order valence-electron chi connectivity index (χ3n) is 2.81. The van der Waals surface area contributed by atoms with Gasteiger partial charge in [-0.2, -0.15) is 0 Å². The van der Waals surface area contributed by atoms with E-state index in [4.69, 9.17) is 5.73 Å². The van der Waals surface area contributed by atoms with Crippen LogP contribution in [0.3, 0.4) is 0 Å². The fourth-order valence-electron chi connectivity index (χ4n) is 1.42. The van der Waals surface area contributed by atoms with E-state index in [9.17, 15) is 4.39 Å². The van der Waals surface area contributed by atoms with E-state index in [1.165, 1.54) is 6.07 Å². The fourth-order valence-corrected chi connectivity index (χ4v) is 1.76. The molecule has 0 saturated carbocycles. The number of rotatable bonds is 3. The van der Waals surface area contributed by atoms with Crippen molar-refractivity contribution in [3.63, 3.8) is 0 Å². The lowest BCUT2D eigenvalue weighted by Gasteiger charge is -2.27. The minimum absolute atomic E-state index is 0.186. The molecule has 0 aliphatic carbocycles. The third kappa shape index (κ3) is 2.15. The zero-order valence-electron chi connectivity index (χ0n) is 8.48. The number of hydrogen-bond donors (Lipinski definition) is 1. The van der Waals surface area contributed by atoms with Crippen LogP contribution in [-0.4, -0.2) is 6.54 Å². The van der Waals surface area contributed by atoms with Crippen LogP contribution in [0.5, 0.6) is 0 Å². The molecule has 1 atom stereocenters. The highest BCUT2D eigenvalue weighted by Gasteiger charge is 2.25. The molecule has 0 fully saturated rings. The Bertz CT molecular complexity index is 321. The summed E-state index contributed by atoms with van der Waals surface area (Å²) in [6.45, 7) is 4.47. The predicted octanol–water partition coefficient (Wildman–Crippen LogP) is 3.21. The van der Waals surface area contributed by atoms with E-state index >= 15 is 0 Å². The normalized spacial score (nSPS) is 15.2. The van der Waals surface area contributed by atoms with Gasteiger partial charge in [0, 0.05) is 16.4 Å². The first kappa shape index (κ1) is 11.7. The fraction of sp³-hybridized carbons (Fsp3) is 0.455. The van der Waals surface area contributed by atoms with Gasteiger partial charge >= 0.3 is 0 Å². The Morgan fingerprint density at radius 2 is 2.14 bits per heavy atom. The maximum Gasteiger partial charge on any atom is 0.128 e. The molecule has 1 aromatic carbocycles.